The molecule has 0 radical (unpaired) electrons. The minimum atomic E-state index is -1.56. The van der Waals surface area contributed by atoms with E-state index in [9.17, 15) is 38.7 Å². The monoisotopic (exact) mass is 536 g/mol. The lowest BCUT2D eigenvalue weighted by Gasteiger charge is -2.25. The van der Waals surface area contributed by atoms with Crippen LogP contribution in [0.2, 0.25) is 0 Å². The zero-order chi connectivity index (χ0) is 28.8. The van der Waals surface area contributed by atoms with E-state index < -0.39 is 84.9 Å². The van der Waals surface area contributed by atoms with Crippen molar-refractivity contribution in [3.63, 3.8) is 0 Å². The fourth-order valence-electron chi connectivity index (χ4n) is 3.25. The summed E-state index contributed by atoms with van der Waals surface area (Å²) in [4.78, 5) is 83.3. The normalized spacial score (nSPS) is 13.7. The fraction of sp³-hybridized carbons (Fsp3) is 0.435. The molecule has 4 unspecified atom stereocenters. The summed E-state index contributed by atoms with van der Waals surface area (Å²) in [5.41, 5.74) is 16.5. The number of amides is 5. The topological polar surface area (TPSA) is 274 Å². The first-order valence-electron chi connectivity index (χ1n) is 11.5. The highest BCUT2D eigenvalue weighted by molar-refractivity contribution is 5.96. The SMILES string of the molecule is NC(=O)CCC(N)C(=O)NC(CC(N)=O)C(=O)NC(Cc1ccccc1)C(=O)NC(CCC(=O)O)C(=O)O. The van der Waals surface area contributed by atoms with Crippen molar-refractivity contribution in [2.45, 2.75) is 62.7 Å². The van der Waals surface area contributed by atoms with Gasteiger partial charge in [-0.2, -0.15) is 0 Å². The molecular weight excluding hydrogens is 504 g/mol. The number of hydrogen-bond acceptors (Lipinski definition) is 8. The average Bonchev–Trinajstić information content (AvgIpc) is 2.83. The second-order valence-corrected chi connectivity index (χ2v) is 8.43. The predicted octanol–water partition coefficient (Wildman–Crippen LogP) is -2.90. The largest absolute Gasteiger partial charge is 0.481 e. The summed E-state index contributed by atoms with van der Waals surface area (Å²) in [7, 11) is 0. The Morgan fingerprint density at radius 1 is 0.711 bits per heavy atom. The van der Waals surface area contributed by atoms with Gasteiger partial charge in [0.25, 0.3) is 0 Å². The summed E-state index contributed by atoms with van der Waals surface area (Å²) in [6, 6.07) is 2.62. The number of carboxylic acids is 2. The van der Waals surface area contributed by atoms with Gasteiger partial charge in [0, 0.05) is 19.3 Å². The number of rotatable bonds is 17. The molecule has 15 heteroatoms. The van der Waals surface area contributed by atoms with Crippen molar-refractivity contribution < 1.29 is 43.8 Å². The first-order chi connectivity index (χ1) is 17.8. The smallest absolute Gasteiger partial charge is 0.326 e. The molecule has 4 atom stereocenters. The third-order valence-electron chi connectivity index (χ3n) is 5.25. The maximum Gasteiger partial charge on any atom is 0.326 e. The molecule has 1 rings (SSSR count). The number of carbonyl (C=O) groups excluding carboxylic acids is 5. The first kappa shape index (κ1) is 31.5. The number of primary amides is 2. The Kier molecular flexibility index (Phi) is 12.9. The zero-order valence-electron chi connectivity index (χ0n) is 20.4. The molecule has 0 saturated heterocycles. The van der Waals surface area contributed by atoms with Gasteiger partial charge in [0.15, 0.2) is 0 Å². The summed E-state index contributed by atoms with van der Waals surface area (Å²) >= 11 is 0. The van der Waals surface area contributed by atoms with Crippen molar-refractivity contribution in [3.05, 3.63) is 35.9 Å². The van der Waals surface area contributed by atoms with Crippen LogP contribution in [0, 0.1) is 0 Å². The van der Waals surface area contributed by atoms with Crippen LogP contribution in [0.25, 0.3) is 0 Å². The lowest BCUT2D eigenvalue weighted by Crippen LogP contribution is -2.58. The van der Waals surface area contributed by atoms with Crippen LogP contribution >= 0.6 is 0 Å². The van der Waals surface area contributed by atoms with Gasteiger partial charge in [-0.05, 0) is 18.4 Å². The van der Waals surface area contributed by atoms with Gasteiger partial charge in [-0.25, -0.2) is 4.79 Å². The van der Waals surface area contributed by atoms with E-state index in [0.29, 0.717) is 5.56 Å². The number of carbonyl (C=O) groups is 7. The molecule has 0 aliphatic carbocycles. The molecular formula is C23H32N6O9. The van der Waals surface area contributed by atoms with Gasteiger partial charge in [-0.1, -0.05) is 30.3 Å². The molecule has 0 aliphatic heterocycles. The Hall–Kier alpha value is -4.53. The van der Waals surface area contributed by atoms with E-state index in [1.807, 2.05) is 0 Å². The molecule has 0 aliphatic rings. The molecule has 0 bridgehead atoms. The van der Waals surface area contributed by atoms with Crippen molar-refractivity contribution >= 4 is 41.5 Å². The van der Waals surface area contributed by atoms with Crippen molar-refractivity contribution in [3.8, 4) is 0 Å². The molecule has 1 aromatic rings. The summed E-state index contributed by atoms with van der Waals surface area (Å²) in [5.74, 6) is -7.21. The minimum absolute atomic E-state index is 0.112. The highest BCUT2D eigenvalue weighted by Gasteiger charge is 2.31. The Morgan fingerprint density at radius 2 is 1.26 bits per heavy atom. The quantitative estimate of drug-likeness (QED) is 0.100. The Balaban J connectivity index is 3.11. The van der Waals surface area contributed by atoms with Crippen LogP contribution in [0.4, 0.5) is 0 Å². The maximum absolute atomic E-state index is 13.0. The van der Waals surface area contributed by atoms with E-state index in [2.05, 4.69) is 16.0 Å². The number of benzene rings is 1. The highest BCUT2D eigenvalue weighted by atomic mass is 16.4. The van der Waals surface area contributed by atoms with E-state index in [4.69, 9.17) is 22.3 Å². The Morgan fingerprint density at radius 3 is 1.79 bits per heavy atom. The molecule has 0 heterocycles. The fourth-order valence-corrected chi connectivity index (χ4v) is 3.25. The van der Waals surface area contributed by atoms with Crippen LogP contribution in [-0.2, 0) is 40.0 Å². The molecule has 38 heavy (non-hydrogen) atoms. The molecule has 208 valence electrons. The predicted molar refractivity (Wildman–Crippen MR) is 131 cm³/mol. The minimum Gasteiger partial charge on any atom is -0.481 e. The lowest BCUT2D eigenvalue weighted by molar-refractivity contribution is -0.143. The van der Waals surface area contributed by atoms with E-state index in [0.717, 1.165) is 0 Å². The Labute approximate surface area is 217 Å². The number of hydrogen-bond donors (Lipinski definition) is 8. The zero-order valence-corrected chi connectivity index (χ0v) is 20.4. The third kappa shape index (κ3) is 11.9. The molecule has 5 amide bonds. The number of nitrogens with two attached hydrogens (primary N) is 3. The summed E-state index contributed by atoms with van der Waals surface area (Å²) in [6.07, 6.45) is -2.04. The van der Waals surface area contributed by atoms with Gasteiger partial charge >= 0.3 is 11.9 Å². The molecule has 11 N–H and O–H groups in total. The number of aliphatic carboxylic acids is 2. The van der Waals surface area contributed by atoms with Gasteiger partial charge in [-0.3, -0.25) is 28.8 Å². The van der Waals surface area contributed by atoms with Crippen LogP contribution in [0.5, 0.6) is 0 Å². The van der Waals surface area contributed by atoms with Crippen LogP contribution < -0.4 is 33.2 Å². The Bertz CT molecular complexity index is 1030. The molecule has 15 nitrogen and oxygen atoms in total. The van der Waals surface area contributed by atoms with Gasteiger partial charge in [0.1, 0.15) is 18.1 Å². The van der Waals surface area contributed by atoms with E-state index in [-0.39, 0.29) is 19.3 Å². The molecule has 0 aromatic heterocycles. The molecule has 1 aromatic carbocycles. The summed E-state index contributed by atoms with van der Waals surface area (Å²) < 4.78 is 0. The van der Waals surface area contributed by atoms with Gasteiger partial charge in [0.2, 0.25) is 29.5 Å². The van der Waals surface area contributed by atoms with Crippen LogP contribution in [0.3, 0.4) is 0 Å². The second-order valence-electron chi connectivity index (χ2n) is 8.43. The molecule has 0 saturated carbocycles. The molecule has 0 fully saturated rings. The van der Waals surface area contributed by atoms with E-state index >= 15 is 0 Å². The standard InChI is InChI=1S/C23H32N6O9/c24-13(6-8-17(25)30)20(34)28-16(11-18(26)31)22(36)29-15(10-12-4-2-1-3-5-12)21(35)27-14(23(37)38)7-9-19(32)33/h1-5,13-16H,6-11,24H2,(H2,25,30)(H2,26,31)(H,27,35)(H,28,34)(H,29,36)(H,32,33)(H,37,38). The van der Waals surface area contributed by atoms with Gasteiger partial charge < -0.3 is 43.4 Å². The van der Waals surface area contributed by atoms with Crippen molar-refractivity contribution in [2.75, 3.05) is 0 Å². The van der Waals surface area contributed by atoms with Crippen molar-refractivity contribution in [2.24, 2.45) is 17.2 Å². The first-order valence-corrected chi connectivity index (χ1v) is 11.5. The van der Waals surface area contributed by atoms with Crippen LogP contribution in [-0.4, -0.2) is 75.9 Å². The van der Waals surface area contributed by atoms with E-state index in [1.165, 1.54) is 0 Å². The summed E-state index contributed by atoms with van der Waals surface area (Å²) in [5, 5.41) is 25.0. The average molecular weight is 537 g/mol. The summed E-state index contributed by atoms with van der Waals surface area (Å²) in [6.45, 7) is 0. The second kappa shape index (κ2) is 15.6. The van der Waals surface area contributed by atoms with E-state index in [1.54, 1.807) is 30.3 Å². The van der Waals surface area contributed by atoms with Crippen molar-refractivity contribution in [1.82, 2.24) is 16.0 Å². The van der Waals surface area contributed by atoms with Gasteiger partial charge in [0.05, 0.1) is 12.5 Å². The van der Waals surface area contributed by atoms with Gasteiger partial charge in [-0.15, -0.1) is 0 Å². The van der Waals surface area contributed by atoms with Crippen LogP contribution in [0.1, 0.15) is 37.7 Å². The lowest BCUT2D eigenvalue weighted by atomic mass is 10.0. The van der Waals surface area contributed by atoms with Crippen LogP contribution in [0.15, 0.2) is 30.3 Å². The van der Waals surface area contributed by atoms with Crippen molar-refractivity contribution in [1.29, 1.82) is 0 Å². The third-order valence-corrected chi connectivity index (χ3v) is 5.25. The molecule has 0 spiro atoms. The maximum atomic E-state index is 13.0. The highest BCUT2D eigenvalue weighted by Crippen LogP contribution is 2.07. The number of carboxylic acid groups (broad SMARTS) is 2. The number of nitrogens with one attached hydrogen (secondary N) is 3.